The lowest BCUT2D eigenvalue weighted by Gasteiger charge is -2.23. The Morgan fingerprint density at radius 1 is 1.30 bits per heavy atom. The van der Waals surface area contributed by atoms with Crippen molar-refractivity contribution >= 4 is 29.0 Å². The van der Waals surface area contributed by atoms with E-state index in [1.807, 2.05) is 21.6 Å². The molecule has 1 aliphatic rings. The van der Waals surface area contributed by atoms with Gasteiger partial charge in [0.2, 0.25) is 5.91 Å². The first kappa shape index (κ1) is 18.2. The normalized spacial score (nSPS) is 16.8. The number of pyridine rings is 1. The molecule has 0 aromatic carbocycles. The van der Waals surface area contributed by atoms with E-state index in [2.05, 4.69) is 39.6 Å². The number of carbonyl (C=O) groups excluding carboxylic acids is 1. The topological polar surface area (TPSA) is 63.9 Å². The Kier molecular flexibility index (Phi) is 5.54. The molecule has 4 rings (SSSR count). The first-order valence-corrected chi connectivity index (χ1v) is 10.9. The maximum absolute atomic E-state index is 12.8. The fraction of sp³-hybridized carbons (Fsp3) is 0.368. The van der Waals surface area contributed by atoms with Crippen molar-refractivity contribution < 1.29 is 4.79 Å². The monoisotopic (exact) mass is 399 g/mol. The highest BCUT2D eigenvalue weighted by Crippen LogP contribution is 2.35. The van der Waals surface area contributed by atoms with Crippen molar-refractivity contribution in [2.24, 2.45) is 0 Å². The van der Waals surface area contributed by atoms with E-state index in [4.69, 9.17) is 0 Å². The van der Waals surface area contributed by atoms with Gasteiger partial charge in [0.15, 0.2) is 11.0 Å². The number of nitrogens with zero attached hydrogens (tertiary/aromatic N) is 5. The first-order valence-electron chi connectivity index (χ1n) is 9.07. The summed E-state index contributed by atoms with van der Waals surface area (Å²) in [4.78, 5) is 20.2. The minimum absolute atomic E-state index is 0.173. The van der Waals surface area contributed by atoms with Crippen LogP contribution in [-0.4, -0.2) is 42.9 Å². The summed E-state index contributed by atoms with van der Waals surface area (Å²) in [7, 11) is 0. The van der Waals surface area contributed by atoms with E-state index in [1.54, 1.807) is 23.7 Å². The smallest absolute Gasteiger partial charge is 0.233 e. The third kappa shape index (κ3) is 3.77. The molecule has 140 valence electrons. The summed E-state index contributed by atoms with van der Waals surface area (Å²) in [6.07, 6.45) is 5.61. The third-order valence-corrected chi connectivity index (χ3v) is 6.67. The van der Waals surface area contributed by atoms with Gasteiger partial charge >= 0.3 is 0 Å². The van der Waals surface area contributed by atoms with Gasteiger partial charge < -0.3 is 9.47 Å². The number of thioether (sulfide) groups is 1. The molecule has 1 unspecified atom stereocenters. The SMILES string of the molecule is CCn1c(SCC(=O)N2CCCC2c2cccs2)nnc1-c1ccncc1. The highest BCUT2D eigenvalue weighted by Gasteiger charge is 2.30. The van der Waals surface area contributed by atoms with Gasteiger partial charge in [-0.3, -0.25) is 9.78 Å². The van der Waals surface area contributed by atoms with Gasteiger partial charge in [-0.1, -0.05) is 17.8 Å². The fourth-order valence-electron chi connectivity index (χ4n) is 3.45. The zero-order valence-corrected chi connectivity index (χ0v) is 16.7. The van der Waals surface area contributed by atoms with Crippen LogP contribution in [0.5, 0.6) is 0 Å². The fourth-order valence-corrected chi connectivity index (χ4v) is 5.21. The molecule has 0 bridgehead atoms. The van der Waals surface area contributed by atoms with Crippen LogP contribution in [0, 0.1) is 0 Å². The van der Waals surface area contributed by atoms with E-state index in [0.29, 0.717) is 5.75 Å². The highest BCUT2D eigenvalue weighted by atomic mass is 32.2. The number of thiophene rings is 1. The average molecular weight is 400 g/mol. The lowest BCUT2D eigenvalue weighted by Crippen LogP contribution is -2.31. The molecule has 1 aliphatic heterocycles. The maximum Gasteiger partial charge on any atom is 0.233 e. The van der Waals surface area contributed by atoms with E-state index >= 15 is 0 Å². The summed E-state index contributed by atoms with van der Waals surface area (Å²) in [5, 5.41) is 11.5. The third-order valence-electron chi connectivity index (χ3n) is 4.74. The molecule has 0 spiro atoms. The molecule has 3 aromatic heterocycles. The Hall–Kier alpha value is -2.19. The molecule has 3 aromatic rings. The molecule has 1 amide bonds. The van der Waals surface area contributed by atoms with Crippen molar-refractivity contribution in [1.82, 2.24) is 24.6 Å². The number of hydrogen-bond donors (Lipinski definition) is 0. The van der Waals surface area contributed by atoms with Crippen LogP contribution >= 0.6 is 23.1 Å². The number of aromatic nitrogens is 4. The molecule has 6 nitrogen and oxygen atoms in total. The van der Waals surface area contributed by atoms with Crippen molar-refractivity contribution in [3.05, 3.63) is 46.9 Å². The standard InChI is InChI=1S/C19H21N5OS2/c1-2-23-18(14-7-9-20-10-8-14)21-22-19(23)27-13-17(25)24-11-3-5-15(24)16-6-4-12-26-16/h4,6-10,12,15H,2-3,5,11,13H2,1H3. The minimum atomic E-state index is 0.173. The largest absolute Gasteiger partial charge is 0.334 e. The van der Waals surface area contributed by atoms with Gasteiger partial charge in [0.05, 0.1) is 11.8 Å². The van der Waals surface area contributed by atoms with Crippen molar-refractivity contribution in [3.63, 3.8) is 0 Å². The molecular weight excluding hydrogens is 378 g/mol. The second-order valence-corrected chi connectivity index (χ2v) is 8.26. The summed E-state index contributed by atoms with van der Waals surface area (Å²) in [5.41, 5.74) is 0.981. The van der Waals surface area contributed by atoms with Crippen molar-refractivity contribution in [1.29, 1.82) is 0 Å². The molecule has 4 heterocycles. The van der Waals surface area contributed by atoms with Gasteiger partial charge in [-0.2, -0.15) is 0 Å². The summed E-state index contributed by atoms with van der Waals surface area (Å²) in [5.74, 6) is 1.37. The van der Waals surface area contributed by atoms with E-state index < -0.39 is 0 Å². The molecular formula is C19H21N5OS2. The summed E-state index contributed by atoms with van der Waals surface area (Å²) < 4.78 is 2.05. The van der Waals surface area contributed by atoms with Crippen LogP contribution in [0.4, 0.5) is 0 Å². The van der Waals surface area contributed by atoms with Crippen LogP contribution in [-0.2, 0) is 11.3 Å². The molecule has 1 atom stereocenters. The molecule has 1 fully saturated rings. The quantitative estimate of drug-likeness (QED) is 0.589. The Bertz CT molecular complexity index is 894. The molecule has 1 saturated heterocycles. The lowest BCUT2D eigenvalue weighted by atomic mass is 10.2. The number of rotatable bonds is 6. The molecule has 0 aliphatic carbocycles. The second-order valence-electron chi connectivity index (χ2n) is 6.34. The van der Waals surface area contributed by atoms with E-state index in [0.717, 1.165) is 42.5 Å². The Morgan fingerprint density at radius 2 is 2.15 bits per heavy atom. The minimum Gasteiger partial charge on any atom is -0.334 e. The predicted molar refractivity (Wildman–Crippen MR) is 108 cm³/mol. The Balaban J connectivity index is 1.46. The van der Waals surface area contributed by atoms with E-state index in [1.165, 1.54) is 16.6 Å². The summed E-state index contributed by atoms with van der Waals surface area (Å²) in [6, 6.07) is 8.26. The number of amides is 1. The van der Waals surface area contributed by atoms with Gasteiger partial charge in [-0.05, 0) is 43.3 Å². The van der Waals surface area contributed by atoms with Crippen LogP contribution in [0.15, 0.2) is 47.2 Å². The molecule has 0 radical (unpaired) electrons. The predicted octanol–water partition coefficient (Wildman–Crippen LogP) is 3.88. The van der Waals surface area contributed by atoms with Gasteiger partial charge in [0.25, 0.3) is 0 Å². The Labute approximate surface area is 166 Å². The van der Waals surface area contributed by atoms with Crippen LogP contribution in [0.3, 0.4) is 0 Å². The van der Waals surface area contributed by atoms with Gasteiger partial charge in [0, 0.05) is 35.9 Å². The zero-order valence-electron chi connectivity index (χ0n) is 15.1. The van der Waals surface area contributed by atoms with Crippen molar-refractivity contribution in [2.45, 2.75) is 37.5 Å². The first-order chi connectivity index (χ1) is 13.3. The van der Waals surface area contributed by atoms with Crippen molar-refractivity contribution in [2.75, 3.05) is 12.3 Å². The van der Waals surface area contributed by atoms with Gasteiger partial charge in [0.1, 0.15) is 0 Å². The van der Waals surface area contributed by atoms with Crippen molar-refractivity contribution in [3.8, 4) is 11.4 Å². The van der Waals surface area contributed by atoms with Crippen LogP contribution in [0.1, 0.15) is 30.7 Å². The zero-order chi connectivity index (χ0) is 18.6. The maximum atomic E-state index is 12.8. The number of hydrogen-bond acceptors (Lipinski definition) is 6. The Morgan fingerprint density at radius 3 is 2.89 bits per heavy atom. The molecule has 8 heteroatoms. The number of likely N-dealkylation sites (tertiary alicyclic amines) is 1. The summed E-state index contributed by atoms with van der Waals surface area (Å²) >= 11 is 3.20. The molecule has 27 heavy (non-hydrogen) atoms. The molecule has 0 N–H and O–H groups in total. The van der Waals surface area contributed by atoms with E-state index in [9.17, 15) is 4.79 Å². The van der Waals surface area contributed by atoms with Crippen LogP contribution < -0.4 is 0 Å². The summed E-state index contributed by atoms with van der Waals surface area (Å²) in [6.45, 7) is 3.65. The van der Waals surface area contributed by atoms with E-state index in [-0.39, 0.29) is 11.9 Å². The second kappa shape index (κ2) is 8.22. The average Bonchev–Trinajstić information content (AvgIpc) is 3.46. The van der Waals surface area contributed by atoms with Crippen LogP contribution in [0.25, 0.3) is 11.4 Å². The number of carbonyl (C=O) groups is 1. The lowest BCUT2D eigenvalue weighted by molar-refractivity contribution is -0.129. The molecule has 0 saturated carbocycles. The van der Waals surface area contributed by atoms with Gasteiger partial charge in [-0.15, -0.1) is 21.5 Å². The van der Waals surface area contributed by atoms with Crippen LogP contribution in [0.2, 0.25) is 0 Å². The van der Waals surface area contributed by atoms with Gasteiger partial charge in [-0.25, -0.2) is 0 Å². The highest BCUT2D eigenvalue weighted by molar-refractivity contribution is 7.99.